The molecule has 0 aliphatic heterocycles. The summed E-state index contributed by atoms with van der Waals surface area (Å²) in [6.07, 6.45) is 1.86. The van der Waals surface area contributed by atoms with Crippen LogP contribution in [-0.2, 0) is 5.41 Å². The number of hydrogen-bond acceptors (Lipinski definition) is 1. The fourth-order valence-corrected chi connectivity index (χ4v) is 5.04. The Morgan fingerprint density at radius 2 is 1.19 bits per heavy atom. The molecule has 0 bridgehead atoms. The average molecular weight is 354 g/mol. The second-order valence-electron chi connectivity index (χ2n) is 8.53. The van der Waals surface area contributed by atoms with E-state index in [2.05, 4.69) is 74.5 Å². The zero-order valence-electron chi connectivity index (χ0n) is 16.1. The Bertz CT molecular complexity index is 871. The van der Waals surface area contributed by atoms with Gasteiger partial charge in [0.05, 0.1) is 0 Å². The predicted octanol–water partition coefficient (Wildman–Crippen LogP) is 6.29. The van der Waals surface area contributed by atoms with Crippen LogP contribution in [0.15, 0.2) is 91.0 Å². The zero-order chi connectivity index (χ0) is 18.9. The fraction of sp³-hybridized carbons (Fsp3) is 0.269. The Morgan fingerprint density at radius 1 is 0.741 bits per heavy atom. The maximum Gasteiger partial charge on any atom is 0.167 e. The van der Waals surface area contributed by atoms with Crippen LogP contribution < -0.4 is 0 Å². The van der Waals surface area contributed by atoms with E-state index in [4.69, 9.17) is 0 Å². The van der Waals surface area contributed by atoms with Gasteiger partial charge in [-0.3, -0.25) is 4.79 Å². The fourth-order valence-electron chi connectivity index (χ4n) is 5.04. The van der Waals surface area contributed by atoms with E-state index in [9.17, 15) is 4.79 Å². The van der Waals surface area contributed by atoms with Gasteiger partial charge in [-0.1, -0.05) is 105 Å². The van der Waals surface area contributed by atoms with Gasteiger partial charge in [-0.15, -0.1) is 0 Å². The highest BCUT2D eigenvalue weighted by atomic mass is 16.1. The molecule has 0 radical (unpaired) electrons. The summed E-state index contributed by atoms with van der Waals surface area (Å²) in [5.74, 6) is 0.189. The SMILES string of the molecule is CC1(C)C[C@H](C(=O)c2ccccc2)C(c2ccccc2)(c2ccccc2)C1. The Morgan fingerprint density at radius 3 is 1.67 bits per heavy atom. The highest BCUT2D eigenvalue weighted by Gasteiger charge is 2.55. The van der Waals surface area contributed by atoms with E-state index in [1.807, 2.05) is 30.3 Å². The minimum atomic E-state index is -0.293. The van der Waals surface area contributed by atoms with Gasteiger partial charge in [-0.2, -0.15) is 0 Å². The first-order valence-corrected chi connectivity index (χ1v) is 9.73. The molecule has 0 unspecified atom stereocenters. The molecule has 1 nitrogen and oxygen atoms in total. The van der Waals surface area contributed by atoms with E-state index in [-0.39, 0.29) is 22.5 Å². The Kier molecular flexibility index (Phi) is 4.47. The van der Waals surface area contributed by atoms with Crippen molar-refractivity contribution in [2.75, 3.05) is 0 Å². The molecule has 3 aromatic carbocycles. The van der Waals surface area contributed by atoms with Crippen LogP contribution in [0.3, 0.4) is 0 Å². The molecule has 0 saturated heterocycles. The van der Waals surface area contributed by atoms with Crippen molar-refractivity contribution in [1.29, 1.82) is 0 Å². The third-order valence-corrected chi connectivity index (χ3v) is 6.06. The van der Waals surface area contributed by atoms with Gasteiger partial charge >= 0.3 is 0 Å². The Balaban J connectivity index is 1.93. The Labute approximate surface area is 162 Å². The van der Waals surface area contributed by atoms with E-state index in [0.29, 0.717) is 0 Å². The summed E-state index contributed by atoms with van der Waals surface area (Å²) >= 11 is 0. The lowest BCUT2D eigenvalue weighted by Crippen LogP contribution is -2.37. The second-order valence-corrected chi connectivity index (χ2v) is 8.53. The van der Waals surface area contributed by atoms with Gasteiger partial charge in [0.15, 0.2) is 5.78 Å². The summed E-state index contributed by atoms with van der Waals surface area (Å²) in [6.45, 7) is 4.60. The van der Waals surface area contributed by atoms with Crippen molar-refractivity contribution < 1.29 is 4.79 Å². The van der Waals surface area contributed by atoms with E-state index in [1.165, 1.54) is 11.1 Å². The van der Waals surface area contributed by atoms with Crippen molar-refractivity contribution in [2.24, 2.45) is 11.3 Å². The van der Waals surface area contributed by atoms with Crippen LogP contribution >= 0.6 is 0 Å². The van der Waals surface area contributed by atoms with Crippen LogP contribution in [-0.4, -0.2) is 5.78 Å². The lowest BCUT2D eigenvalue weighted by atomic mass is 9.65. The molecule has 4 rings (SSSR count). The number of rotatable bonds is 4. The van der Waals surface area contributed by atoms with Crippen molar-refractivity contribution in [3.05, 3.63) is 108 Å². The van der Waals surface area contributed by atoms with Crippen LogP contribution in [0.1, 0.15) is 48.2 Å². The molecule has 1 saturated carbocycles. The van der Waals surface area contributed by atoms with Crippen molar-refractivity contribution >= 4 is 5.78 Å². The summed E-state index contributed by atoms with van der Waals surface area (Å²) in [5, 5.41) is 0. The molecule has 1 heteroatoms. The number of Topliss-reactive ketones (excluding diaryl/α,β-unsaturated/α-hetero) is 1. The number of benzene rings is 3. The van der Waals surface area contributed by atoms with Crippen LogP contribution in [0.2, 0.25) is 0 Å². The van der Waals surface area contributed by atoms with Crippen molar-refractivity contribution in [2.45, 2.75) is 32.1 Å². The van der Waals surface area contributed by atoms with E-state index in [1.54, 1.807) is 0 Å². The number of carbonyl (C=O) groups is 1. The third kappa shape index (κ3) is 3.12. The molecule has 0 spiro atoms. The van der Waals surface area contributed by atoms with Gasteiger partial charge in [0.1, 0.15) is 0 Å². The molecule has 0 aromatic heterocycles. The standard InChI is InChI=1S/C26H26O/c1-25(2)18-23(24(27)20-12-6-3-7-13-20)26(19-25,21-14-8-4-9-15-21)22-16-10-5-11-17-22/h3-17,23H,18-19H2,1-2H3/t23-/m1/s1. The first-order valence-electron chi connectivity index (χ1n) is 9.73. The van der Waals surface area contributed by atoms with E-state index in [0.717, 1.165) is 18.4 Å². The molecule has 3 aromatic rings. The minimum absolute atomic E-state index is 0.0697. The van der Waals surface area contributed by atoms with Gasteiger partial charge < -0.3 is 0 Å². The summed E-state index contributed by atoms with van der Waals surface area (Å²) in [5.41, 5.74) is 3.11. The van der Waals surface area contributed by atoms with Crippen LogP contribution in [0, 0.1) is 11.3 Å². The first kappa shape index (κ1) is 17.7. The summed E-state index contributed by atoms with van der Waals surface area (Å²) in [6, 6.07) is 31.0. The van der Waals surface area contributed by atoms with Crippen molar-refractivity contribution in [1.82, 2.24) is 0 Å². The minimum Gasteiger partial charge on any atom is -0.294 e. The molecule has 1 aliphatic rings. The maximum atomic E-state index is 13.7. The molecule has 0 N–H and O–H groups in total. The molecule has 1 aliphatic carbocycles. The van der Waals surface area contributed by atoms with Crippen LogP contribution in [0.5, 0.6) is 0 Å². The molecular formula is C26H26O. The normalized spacial score (nSPS) is 20.3. The lowest BCUT2D eigenvalue weighted by molar-refractivity contribution is 0.0882. The summed E-state index contributed by atoms with van der Waals surface area (Å²) < 4.78 is 0. The number of carbonyl (C=O) groups excluding carboxylic acids is 1. The molecule has 136 valence electrons. The molecule has 27 heavy (non-hydrogen) atoms. The largest absolute Gasteiger partial charge is 0.294 e. The number of ketones is 1. The molecule has 1 fully saturated rings. The monoisotopic (exact) mass is 354 g/mol. The van der Waals surface area contributed by atoms with Gasteiger partial charge in [0, 0.05) is 16.9 Å². The van der Waals surface area contributed by atoms with E-state index >= 15 is 0 Å². The van der Waals surface area contributed by atoms with Crippen molar-refractivity contribution in [3.63, 3.8) is 0 Å². The summed E-state index contributed by atoms with van der Waals surface area (Å²) in [4.78, 5) is 13.7. The highest BCUT2D eigenvalue weighted by molar-refractivity contribution is 5.99. The molecule has 0 amide bonds. The molecule has 1 atom stereocenters. The first-order chi connectivity index (χ1) is 13.0. The van der Waals surface area contributed by atoms with Crippen LogP contribution in [0.4, 0.5) is 0 Å². The topological polar surface area (TPSA) is 17.1 Å². The molecule has 0 heterocycles. The predicted molar refractivity (Wildman–Crippen MR) is 111 cm³/mol. The average Bonchev–Trinajstić information content (AvgIpc) is 3.02. The smallest absolute Gasteiger partial charge is 0.167 e. The van der Waals surface area contributed by atoms with E-state index < -0.39 is 0 Å². The van der Waals surface area contributed by atoms with Gasteiger partial charge in [-0.05, 0) is 29.4 Å². The third-order valence-electron chi connectivity index (χ3n) is 6.06. The van der Waals surface area contributed by atoms with Crippen LogP contribution in [0.25, 0.3) is 0 Å². The van der Waals surface area contributed by atoms with Gasteiger partial charge in [0.2, 0.25) is 0 Å². The maximum absolute atomic E-state index is 13.7. The zero-order valence-corrected chi connectivity index (χ0v) is 16.1. The summed E-state index contributed by atoms with van der Waals surface area (Å²) in [7, 11) is 0. The Hall–Kier alpha value is -2.67. The number of hydrogen-bond donors (Lipinski definition) is 0. The van der Waals surface area contributed by atoms with Crippen molar-refractivity contribution in [3.8, 4) is 0 Å². The second kappa shape index (κ2) is 6.81. The molecular weight excluding hydrogens is 328 g/mol. The van der Waals surface area contributed by atoms with Gasteiger partial charge in [0.25, 0.3) is 0 Å². The quantitative estimate of drug-likeness (QED) is 0.503. The highest BCUT2D eigenvalue weighted by Crippen LogP contribution is 2.58. The lowest BCUT2D eigenvalue weighted by Gasteiger charge is -2.37. The van der Waals surface area contributed by atoms with Gasteiger partial charge in [-0.25, -0.2) is 0 Å².